The number of hydrogen-bond acceptors (Lipinski definition) is 3. The van der Waals surface area contributed by atoms with Crippen molar-refractivity contribution in [2.45, 2.75) is 25.9 Å². The van der Waals surface area contributed by atoms with Gasteiger partial charge in [-0.25, -0.2) is 0 Å². The minimum Gasteiger partial charge on any atom is -0.454 e. The third kappa shape index (κ3) is 1.85. The standard InChI is InChI=1S/C12H14ClNO2/c1-7-2-10(7)14-5-8-3-9(13)12-11(4-8)15-6-16-12/h3-4,7,10,14H,2,5-6H2,1H3. The molecule has 0 spiro atoms. The number of benzene rings is 1. The fraction of sp³-hybridized carbons (Fsp3) is 0.500. The van der Waals surface area contributed by atoms with Crippen LogP contribution in [-0.2, 0) is 6.54 Å². The maximum absolute atomic E-state index is 6.10. The Bertz CT molecular complexity index is 422. The summed E-state index contributed by atoms with van der Waals surface area (Å²) in [6, 6.07) is 4.60. The first-order chi connectivity index (χ1) is 7.74. The van der Waals surface area contributed by atoms with Gasteiger partial charge in [0.05, 0.1) is 5.02 Å². The predicted molar refractivity (Wildman–Crippen MR) is 62.0 cm³/mol. The Kier molecular flexibility index (Phi) is 2.45. The van der Waals surface area contributed by atoms with Crippen molar-refractivity contribution in [3.63, 3.8) is 0 Å². The quantitative estimate of drug-likeness (QED) is 0.880. The SMILES string of the molecule is CC1CC1NCc1cc(Cl)c2c(c1)OCO2. The van der Waals surface area contributed by atoms with E-state index in [-0.39, 0.29) is 6.79 Å². The molecule has 2 atom stereocenters. The first-order valence-electron chi connectivity index (χ1n) is 5.55. The smallest absolute Gasteiger partial charge is 0.231 e. The summed E-state index contributed by atoms with van der Waals surface area (Å²) in [5.41, 5.74) is 1.15. The molecule has 3 rings (SSSR count). The van der Waals surface area contributed by atoms with E-state index in [1.807, 2.05) is 12.1 Å². The summed E-state index contributed by atoms with van der Waals surface area (Å²) < 4.78 is 10.6. The highest BCUT2D eigenvalue weighted by Crippen LogP contribution is 2.40. The molecule has 1 N–H and O–H groups in total. The molecule has 0 radical (unpaired) electrons. The van der Waals surface area contributed by atoms with Crippen LogP contribution in [0.25, 0.3) is 0 Å². The number of hydrogen-bond donors (Lipinski definition) is 1. The Hall–Kier alpha value is -0.930. The second kappa shape index (κ2) is 3.82. The molecule has 0 aromatic heterocycles. The van der Waals surface area contributed by atoms with Gasteiger partial charge < -0.3 is 14.8 Å². The maximum Gasteiger partial charge on any atom is 0.231 e. The first-order valence-corrected chi connectivity index (χ1v) is 5.93. The Morgan fingerprint density at radius 1 is 1.44 bits per heavy atom. The summed E-state index contributed by atoms with van der Waals surface area (Å²) in [5, 5.41) is 4.12. The van der Waals surface area contributed by atoms with Gasteiger partial charge in [-0.2, -0.15) is 0 Å². The van der Waals surface area contributed by atoms with Crippen LogP contribution in [0.2, 0.25) is 5.02 Å². The van der Waals surface area contributed by atoms with Crippen LogP contribution in [-0.4, -0.2) is 12.8 Å². The summed E-state index contributed by atoms with van der Waals surface area (Å²) in [4.78, 5) is 0. The molecule has 1 aromatic carbocycles. The zero-order valence-electron chi connectivity index (χ0n) is 9.13. The minimum absolute atomic E-state index is 0.269. The zero-order chi connectivity index (χ0) is 11.1. The van der Waals surface area contributed by atoms with Crippen molar-refractivity contribution < 1.29 is 9.47 Å². The van der Waals surface area contributed by atoms with Crippen LogP contribution in [0.3, 0.4) is 0 Å². The van der Waals surface area contributed by atoms with Gasteiger partial charge in [-0.3, -0.25) is 0 Å². The van der Waals surface area contributed by atoms with E-state index >= 15 is 0 Å². The van der Waals surface area contributed by atoms with Crippen molar-refractivity contribution in [1.29, 1.82) is 0 Å². The monoisotopic (exact) mass is 239 g/mol. The van der Waals surface area contributed by atoms with E-state index in [0.29, 0.717) is 16.8 Å². The second-order valence-electron chi connectivity index (χ2n) is 4.51. The number of halogens is 1. The molecule has 1 fully saturated rings. The second-order valence-corrected chi connectivity index (χ2v) is 4.92. The average molecular weight is 240 g/mol. The van der Waals surface area contributed by atoms with Gasteiger partial charge in [0.15, 0.2) is 11.5 Å². The molecule has 86 valence electrons. The first kappa shape index (κ1) is 10.2. The Morgan fingerprint density at radius 2 is 2.25 bits per heavy atom. The van der Waals surface area contributed by atoms with E-state index < -0.39 is 0 Å². The van der Waals surface area contributed by atoms with Gasteiger partial charge in [0, 0.05) is 12.6 Å². The highest BCUT2D eigenvalue weighted by Gasteiger charge is 2.31. The van der Waals surface area contributed by atoms with E-state index in [4.69, 9.17) is 21.1 Å². The van der Waals surface area contributed by atoms with E-state index in [2.05, 4.69) is 12.2 Å². The molecular weight excluding hydrogens is 226 g/mol. The number of fused-ring (bicyclic) bond motifs is 1. The lowest BCUT2D eigenvalue weighted by atomic mass is 10.2. The topological polar surface area (TPSA) is 30.5 Å². The van der Waals surface area contributed by atoms with Gasteiger partial charge in [0.25, 0.3) is 0 Å². The Labute approximate surface area is 99.7 Å². The van der Waals surface area contributed by atoms with Crippen molar-refractivity contribution in [2.75, 3.05) is 6.79 Å². The molecule has 0 saturated heterocycles. The largest absolute Gasteiger partial charge is 0.454 e. The highest BCUT2D eigenvalue weighted by atomic mass is 35.5. The van der Waals surface area contributed by atoms with Crippen molar-refractivity contribution in [3.05, 3.63) is 22.7 Å². The number of nitrogens with one attached hydrogen (secondary N) is 1. The summed E-state index contributed by atoms with van der Waals surface area (Å²) in [7, 11) is 0. The fourth-order valence-corrected chi connectivity index (χ4v) is 2.27. The average Bonchev–Trinajstić information content (AvgIpc) is 2.78. The van der Waals surface area contributed by atoms with Gasteiger partial charge in [0.2, 0.25) is 6.79 Å². The third-order valence-corrected chi connectivity index (χ3v) is 3.45. The molecule has 1 aromatic rings. The maximum atomic E-state index is 6.10. The fourth-order valence-electron chi connectivity index (χ4n) is 1.98. The van der Waals surface area contributed by atoms with Crippen LogP contribution in [0.5, 0.6) is 11.5 Å². The molecule has 4 heteroatoms. The molecule has 1 saturated carbocycles. The molecule has 2 aliphatic rings. The van der Waals surface area contributed by atoms with Crippen LogP contribution in [0, 0.1) is 5.92 Å². The lowest BCUT2D eigenvalue weighted by Crippen LogP contribution is -2.16. The molecule has 0 amide bonds. The van der Waals surface area contributed by atoms with Crippen molar-refractivity contribution in [1.82, 2.24) is 5.32 Å². The van der Waals surface area contributed by atoms with Crippen LogP contribution >= 0.6 is 11.6 Å². The predicted octanol–water partition coefficient (Wildman–Crippen LogP) is 2.57. The molecule has 0 bridgehead atoms. The van der Waals surface area contributed by atoms with Gasteiger partial charge in [-0.1, -0.05) is 18.5 Å². The van der Waals surface area contributed by atoms with Crippen LogP contribution in [0.15, 0.2) is 12.1 Å². The normalized spacial score (nSPS) is 25.9. The Morgan fingerprint density at radius 3 is 3.00 bits per heavy atom. The summed E-state index contributed by atoms with van der Waals surface area (Å²) >= 11 is 6.10. The van der Waals surface area contributed by atoms with Crippen molar-refractivity contribution >= 4 is 11.6 Å². The van der Waals surface area contributed by atoms with Crippen LogP contribution in [0.4, 0.5) is 0 Å². The molecule has 3 nitrogen and oxygen atoms in total. The van der Waals surface area contributed by atoms with Gasteiger partial charge >= 0.3 is 0 Å². The summed E-state index contributed by atoms with van der Waals surface area (Å²) in [5.74, 6) is 2.24. The van der Waals surface area contributed by atoms with Gasteiger partial charge in [0.1, 0.15) is 0 Å². The van der Waals surface area contributed by atoms with E-state index in [1.54, 1.807) is 0 Å². The third-order valence-electron chi connectivity index (χ3n) is 3.16. The van der Waals surface area contributed by atoms with E-state index in [9.17, 15) is 0 Å². The molecule has 1 aliphatic carbocycles. The molecule has 16 heavy (non-hydrogen) atoms. The van der Waals surface area contributed by atoms with E-state index in [1.165, 1.54) is 6.42 Å². The molecule has 2 unspecified atom stereocenters. The summed E-state index contributed by atoms with van der Waals surface area (Å²) in [6.45, 7) is 3.36. The Balaban J connectivity index is 1.73. The minimum atomic E-state index is 0.269. The van der Waals surface area contributed by atoms with Crippen molar-refractivity contribution in [2.24, 2.45) is 5.92 Å². The van der Waals surface area contributed by atoms with Crippen LogP contribution < -0.4 is 14.8 Å². The number of rotatable bonds is 3. The molecular formula is C12H14ClNO2. The molecule has 1 heterocycles. The highest BCUT2D eigenvalue weighted by molar-refractivity contribution is 6.32. The van der Waals surface area contributed by atoms with Crippen LogP contribution in [0.1, 0.15) is 18.9 Å². The van der Waals surface area contributed by atoms with E-state index in [0.717, 1.165) is 23.8 Å². The lowest BCUT2D eigenvalue weighted by Gasteiger charge is -2.06. The van der Waals surface area contributed by atoms with Gasteiger partial charge in [-0.15, -0.1) is 0 Å². The lowest BCUT2D eigenvalue weighted by molar-refractivity contribution is 0.174. The zero-order valence-corrected chi connectivity index (χ0v) is 9.88. The van der Waals surface area contributed by atoms with Gasteiger partial charge in [-0.05, 0) is 30.0 Å². The summed E-state index contributed by atoms with van der Waals surface area (Å²) in [6.07, 6.45) is 1.28. The molecule has 1 aliphatic heterocycles. The van der Waals surface area contributed by atoms with Crippen molar-refractivity contribution in [3.8, 4) is 11.5 Å². The number of ether oxygens (including phenoxy) is 2.